The van der Waals surface area contributed by atoms with Crippen LogP contribution < -0.4 is 25.4 Å². The highest BCUT2D eigenvalue weighted by Crippen LogP contribution is 2.38. The maximum Gasteiger partial charge on any atom is 0.231 e. The van der Waals surface area contributed by atoms with E-state index in [0.29, 0.717) is 17.2 Å². The van der Waals surface area contributed by atoms with Gasteiger partial charge in [-0.2, -0.15) is 0 Å². The van der Waals surface area contributed by atoms with Gasteiger partial charge < -0.3 is 20.1 Å². The van der Waals surface area contributed by atoms with E-state index in [-0.39, 0.29) is 18.7 Å². The average Bonchev–Trinajstić information content (AvgIpc) is 2.78. The predicted octanol–water partition coefficient (Wildman–Crippen LogP) is 0.506. The Morgan fingerprint density at radius 1 is 1.24 bits per heavy atom. The first-order valence-corrected chi connectivity index (χ1v) is 4.98. The topological polar surface area (TPSA) is 102 Å². The van der Waals surface area contributed by atoms with Gasteiger partial charge in [0, 0.05) is 7.05 Å². The second kappa shape index (κ2) is 4.60. The number of rotatable bonds is 1. The molecule has 0 atom stereocenters. The number of ether oxygens (including phenoxy) is 2. The number of benzene rings is 1. The Morgan fingerprint density at radius 2 is 2.06 bits per heavy atom. The van der Waals surface area contributed by atoms with Crippen LogP contribution in [0.4, 0.5) is 5.69 Å². The van der Waals surface area contributed by atoms with Crippen LogP contribution in [0.2, 0.25) is 0 Å². The molecule has 7 heteroatoms. The van der Waals surface area contributed by atoms with Crippen LogP contribution in [0.1, 0.15) is 0 Å². The molecule has 17 heavy (non-hydrogen) atoms. The van der Waals surface area contributed by atoms with Crippen LogP contribution >= 0.6 is 0 Å². The van der Waals surface area contributed by atoms with Gasteiger partial charge in [-0.3, -0.25) is 16.1 Å². The molecule has 2 rings (SSSR count). The van der Waals surface area contributed by atoms with E-state index in [1.165, 1.54) is 0 Å². The number of anilines is 1. The van der Waals surface area contributed by atoms with Crippen molar-refractivity contribution >= 4 is 17.6 Å². The lowest BCUT2D eigenvalue weighted by molar-refractivity contribution is 0.174. The minimum absolute atomic E-state index is 0.0201. The summed E-state index contributed by atoms with van der Waals surface area (Å²) >= 11 is 0. The van der Waals surface area contributed by atoms with Gasteiger partial charge in [0.15, 0.2) is 23.4 Å². The molecule has 0 unspecified atom stereocenters. The molecule has 0 amide bonds. The first-order valence-electron chi connectivity index (χ1n) is 4.98. The minimum atomic E-state index is -0.0201. The zero-order valence-electron chi connectivity index (χ0n) is 9.26. The molecule has 5 N–H and O–H groups in total. The van der Waals surface area contributed by atoms with E-state index in [9.17, 15) is 0 Å². The van der Waals surface area contributed by atoms with Gasteiger partial charge in [0.25, 0.3) is 0 Å². The Balaban J connectivity index is 2.07. The minimum Gasteiger partial charge on any atom is -0.454 e. The van der Waals surface area contributed by atoms with E-state index in [2.05, 4.69) is 16.0 Å². The summed E-state index contributed by atoms with van der Waals surface area (Å²) in [6, 6.07) is 5.36. The van der Waals surface area contributed by atoms with Crippen molar-refractivity contribution in [1.82, 2.24) is 10.6 Å². The third kappa shape index (κ3) is 2.39. The molecular formula is C10H13N5O2. The van der Waals surface area contributed by atoms with Crippen LogP contribution in [0.15, 0.2) is 18.2 Å². The second-order valence-electron chi connectivity index (χ2n) is 3.29. The highest BCUT2D eigenvalue weighted by atomic mass is 16.7. The fourth-order valence-corrected chi connectivity index (χ4v) is 1.38. The fourth-order valence-electron chi connectivity index (χ4n) is 1.38. The Bertz CT molecular complexity index is 460. The van der Waals surface area contributed by atoms with Gasteiger partial charge in [-0.15, -0.1) is 0 Å². The van der Waals surface area contributed by atoms with Gasteiger partial charge in [0.05, 0.1) is 5.69 Å². The van der Waals surface area contributed by atoms with Crippen molar-refractivity contribution in [3.05, 3.63) is 18.2 Å². The van der Waals surface area contributed by atoms with Crippen molar-refractivity contribution in [2.45, 2.75) is 0 Å². The van der Waals surface area contributed by atoms with Gasteiger partial charge in [-0.25, -0.2) is 0 Å². The van der Waals surface area contributed by atoms with E-state index in [4.69, 9.17) is 20.3 Å². The van der Waals surface area contributed by atoms with Gasteiger partial charge >= 0.3 is 0 Å². The van der Waals surface area contributed by atoms with Gasteiger partial charge in [-0.1, -0.05) is 6.07 Å². The molecule has 0 fully saturated rings. The summed E-state index contributed by atoms with van der Waals surface area (Å²) < 4.78 is 10.5. The summed E-state index contributed by atoms with van der Waals surface area (Å²) in [6.45, 7) is 0.182. The van der Waals surface area contributed by atoms with Crippen molar-refractivity contribution in [3.63, 3.8) is 0 Å². The lowest BCUT2D eigenvalue weighted by Gasteiger charge is -2.11. The molecule has 0 aromatic heterocycles. The molecule has 0 spiro atoms. The molecule has 0 aliphatic carbocycles. The van der Waals surface area contributed by atoms with Crippen molar-refractivity contribution in [2.75, 3.05) is 19.2 Å². The zero-order valence-corrected chi connectivity index (χ0v) is 9.26. The predicted molar refractivity (Wildman–Crippen MR) is 63.8 cm³/mol. The van der Waals surface area contributed by atoms with Crippen molar-refractivity contribution in [2.24, 2.45) is 0 Å². The molecule has 0 saturated heterocycles. The molecular weight excluding hydrogens is 222 g/mol. The van der Waals surface area contributed by atoms with Crippen LogP contribution in [0.3, 0.4) is 0 Å². The van der Waals surface area contributed by atoms with E-state index in [0.717, 1.165) is 0 Å². The Labute approximate surface area is 98.1 Å². The number of guanidine groups is 2. The normalized spacial score (nSPS) is 11.8. The maximum absolute atomic E-state index is 7.62. The van der Waals surface area contributed by atoms with Crippen LogP contribution in [0, 0.1) is 10.8 Å². The summed E-state index contributed by atoms with van der Waals surface area (Å²) in [7, 11) is 1.60. The highest BCUT2D eigenvalue weighted by Gasteiger charge is 2.17. The maximum atomic E-state index is 7.62. The van der Waals surface area contributed by atoms with Crippen molar-refractivity contribution < 1.29 is 9.47 Å². The van der Waals surface area contributed by atoms with Gasteiger partial charge in [-0.05, 0) is 12.1 Å². The number of para-hydroxylation sites is 1. The van der Waals surface area contributed by atoms with E-state index in [1.807, 2.05) is 0 Å². The summed E-state index contributed by atoms with van der Waals surface area (Å²) in [5.41, 5.74) is 0.626. The van der Waals surface area contributed by atoms with Crippen molar-refractivity contribution in [3.8, 4) is 11.5 Å². The molecule has 1 aliphatic rings. The van der Waals surface area contributed by atoms with Gasteiger partial charge in [0.1, 0.15) is 0 Å². The number of nitrogens with one attached hydrogen (secondary N) is 5. The van der Waals surface area contributed by atoms with Crippen LogP contribution in [-0.2, 0) is 0 Å². The monoisotopic (exact) mass is 235 g/mol. The zero-order chi connectivity index (χ0) is 12.3. The first kappa shape index (κ1) is 11.1. The molecule has 1 aromatic carbocycles. The van der Waals surface area contributed by atoms with E-state index in [1.54, 1.807) is 25.2 Å². The molecule has 90 valence electrons. The van der Waals surface area contributed by atoms with Gasteiger partial charge in [0.2, 0.25) is 6.79 Å². The first-order chi connectivity index (χ1) is 8.20. The average molecular weight is 235 g/mol. The molecule has 0 radical (unpaired) electrons. The Kier molecular flexibility index (Phi) is 2.99. The molecule has 7 nitrogen and oxygen atoms in total. The third-order valence-electron chi connectivity index (χ3n) is 2.16. The summed E-state index contributed by atoms with van der Waals surface area (Å²) in [4.78, 5) is 0. The number of hydrogen-bond acceptors (Lipinski definition) is 4. The SMILES string of the molecule is CNC(=N)NC(=N)Nc1cccc2c1OCO2. The summed E-state index contributed by atoms with van der Waals surface area (Å²) in [6.07, 6.45) is 0. The van der Waals surface area contributed by atoms with Crippen LogP contribution in [-0.4, -0.2) is 25.8 Å². The smallest absolute Gasteiger partial charge is 0.231 e. The Hall–Kier alpha value is -2.44. The number of fused-ring (bicyclic) bond motifs is 1. The molecule has 0 saturated carbocycles. The summed E-state index contributed by atoms with van der Waals surface area (Å²) in [5, 5.41) is 22.8. The Morgan fingerprint density at radius 3 is 2.82 bits per heavy atom. The quantitative estimate of drug-likeness (QED) is 0.360. The molecule has 1 heterocycles. The second-order valence-corrected chi connectivity index (χ2v) is 3.29. The molecule has 1 aliphatic heterocycles. The van der Waals surface area contributed by atoms with Crippen molar-refractivity contribution in [1.29, 1.82) is 10.8 Å². The number of hydrogen-bond donors (Lipinski definition) is 5. The lowest BCUT2D eigenvalue weighted by Crippen LogP contribution is -2.41. The summed E-state index contributed by atoms with van der Waals surface area (Å²) in [5.74, 6) is 1.24. The molecule has 0 bridgehead atoms. The van der Waals surface area contributed by atoms with Crippen LogP contribution in [0.5, 0.6) is 11.5 Å². The van der Waals surface area contributed by atoms with E-state index >= 15 is 0 Å². The third-order valence-corrected chi connectivity index (χ3v) is 2.16. The molecule has 1 aromatic rings. The van der Waals surface area contributed by atoms with Crippen LogP contribution in [0.25, 0.3) is 0 Å². The lowest BCUT2D eigenvalue weighted by atomic mass is 10.2. The fraction of sp³-hybridized carbons (Fsp3) is 0.200. The van der Waals surface area contributed by atoms with E-state index < -0.39 is 0 Å². The highest BCUT2D eigenvalue weighted by molar-refractivity contribution is 6.03. The standard InChI is InChI=1S/C10H13N5O2/c1-13-9(11)15-10(12)14-6-3-2-4-7-8(6)17-5-16-7/h2-4H,5H2,1H3,(H5,11,12,13,14,15). The largest absolute Gasteiger partial charge is 0.454 e.